The number of furan rings is 1. The van der Waals surface area contributed by atoms with E-state index in [4.69, 9.17) is 16.0 Å². The number of benzene rings is 2. The molecule has 2 aromatic carbocycles. The number of rotatable bonds is 11. The fourth-order valence-electron chi connectivity index (χ4n) is 4.67. The Balaban J connectivity index is 1.30. The number of aryl methyl sites for hydroxylation is 1. The van der Waals surface area contributed by atoms with E-state index < -0.39 is 0 Å². The monoisotopic (exact) mass is 546 g/mol. The van der Waals surface area contributed by atoms with Gasteiger partial charge in [-0.15, -0.1) is 10.2 Å². The zero-order valence-corrected chi connectivity index (χ0v) is 22.8. The van der Waals surface area contributed by atoms with Crippen LogP contribution in [0, 0.1) is 0 Å². The van der Waals surface area contributed by atoms with Crippen LogP contribution in [0.25, 0.3) is 16.7 Å². The fraction of sp³-hybridized carbons (Fsp3) is 0.310. The Labute approximate surface area is 231 Å². The zero-order valence-electron chi connectivity index (χ0n) is 22.0. The highest BCUT2D eigenvalue weighted by Crippen LogP contribution is 2.17. The Bertz CT molecular complexity index is 1620. The Kier molecular flexibility index (Phi) is 8.09. The van der Waals surface area contributed by atoms with Gasteiger partial charge < -0.3 is 9.73 Å². The maximum Gasteiger partial charge on any atom is 0.263 e. The van der Waals surface area contributed by atoms with Gasteiger partial charge in [0.15, 0.2) is 0 Å². The van der Waals surface area contributed by atoms with E-state index in [9.17, 15) is 9.59 Å². The molecular formula is C29H31ClN6O3. The summed E-state index contributed by atoms with van der Waals surface area (Å²) < 4.78 is 8.96. The summed E-state index contributed by atoms with van der Waals surface area (Å²) in [5.74, 6) is 1.90. The van der Waals surface area contributed by atoms with Crippen molar-refractivity contribution in [2.75, 3.05) is 13.1 Å². The molecule has 0 spiro atoms. The van der Waals surface area contributed by atoms with E-state index in [1.807, 2.05) is 46.9 Å². The molecule has 39 heavy (non-hydrogen) atoms. The summed E-state index contributed by atoms with van der Waals surface area (Å²) in [6.45, 7) is 6.50. The normalized spacial score (nSPS) is 11.7. The smallest absolute Gasteiger partial charge is 0.263 e. The molecule has 3 heterocycles. The molecule has 0 radical (unpaired) electrons. The van der Waals surface area contributed by atoms with Crippen LogP contribution in [-0.4, -0.2) is 49.1 Å². The van der Waals surface area contributed by atoms with Gasteiger partial charge in [-0.05, 0) is 55.8 Å². The van der Waals surface area contributed by atoms with Gasteiger partial charge in [0.25, 0.3) is 5.56 Å². The van der Waals surface area contributed by atoms with Crippen molar-refractivity contribution in [2.45, 2.75) is 45.8 Å². The lowest BCUT2D eigenvalue weighted by molar-refractivity contribution is -0.121. The molecule has 0 atom stereocenters. The van der Waals surface area contributed by atoms with Gasteiger partial charge in [0.1, 0.15) is 11.6 Å². The summed E-state index contributed by atoms with van der Waals surface area (Å²) in [5, 5.41) is 13.0. The number of halogens is 1. The van der Waals surface area contributed by atoms with Crippen molar-refractivity contribution in [3.63, 3.8) is 0 Å². The molecule has 3 aromatic heterocycles. The molecule has 0 aliphatic rings. The summed E-state index contributed by atoms with van der Waals surface area (Å²) in [6.07, 6.45) is 2.31. The highest BCUT2D eigenvalue weighted by atomic mass is 35.5. The SMILES string of the molecule is CC(C)N(CCNC(=O)CCc1nnc2n(Cc3ccc(Cl)cc3)c(=O)c3ccccc3n12)Cc1ccco1. The van der Waals surface area contributed by atoms with Crippen LogP contribution in [0.3, 0.4) is 0 Å². The predicted molar refractivity (Wildman–Crippen MR) is 151 cm³/mol. The third-order valence-electron chi connectivity index (χ3n) is 6.80. The molecule has 0 unspecified atom stereocenters. The molecule has 202 valence electrons. The average molecular weight is 547 g/mol. The minimum Gasteiger partial charge on any atom is -0.468 e. The van der Waals surface area contributed by atoms with E-state index in [2.05, 4.69) is 34.3 Å². The van der Waals surface area contributed by atoms with E-state index in [0.717, 1.165) is 16.8 Å². The minimum absolute atomic E-state index is 0.0627. The largest absolute Gasteiger partial charge is 0.468 e. The molecule has 0 fully saturated rings. The van der Waals surface area contributed by atoms with Crippen LogP contribution in [0.4, 0.5) is 0 Å². The van der Waals surface area contributed by atoms with Crippen LogP contribution in [0.5, 0.6) is 0 Å². The molecule has 1 N–H and O–H groups in total. The number of fused-ring (bicyclic) bond motifs is 3. The molecule has 10 heteroatoms. The molecule has 0 saturated carbocycles. The number of hydrogen-bond donors (Lipinski definition) is 1. The molecule has 9 nitrogen and oxygen atoms in total. The van der Waals surface area contributed by atoms with E-state index in [0.29, 0.717) is 60.7 Å². The lowest BCUT2D eigenvalue weighted by Gasteiger charge is -2.25. The van der Waals surface area contributed by atoms with Gasteiger partial charge in [-0.1, -0.05) is 35.9 Å². The first-order valence-corrected chi connectivity index (χ1v) is 13.4. The van der Waals surface area contributed by atoms with Gasteiger partial charge in [0.05, 0.1) is 30.3 Å². The number of carbonyl (C=O) groups excluding carboxylic acids is 1. The zero-order chi connectivity index (χ0) is 27.4. The molecule has 0 aliphatic heterocycles. The molecule has 0 saturated heterocycles. The Morgan fingerprint density at radius 3 is 2.62 bits per heavy atom. The summed E-state index contributed by atoms with van der Waals surface area (Å²) in [7, 11) is 0. The standard InChI is InChI=1S/C29H31ClN6O3/c1-20(2)34(19-23-6-5-17-39-23)16-15-31-27(37)14-13-26-32-33-29-35(18-21-9-11-22(30)12-10-21)28(38)24-7-3-4-8-25(24)36(26)29/h3-12,17,20H,13-16,18-19H2,1-2H3,(H,31,37). The lowest BCUT2D eigenvalue weighted by atomic mass is 10.2. The van der Waals surface area contributed by atoms with Gasteiger partial charge in [-0.2, -0.15) is 0 Å². The van der Waals surface area contributed by atoms with E-state index >= 15 is 0 Å². The highest BCUT2D eigenvalue weighted by molar-refractivity contribution is 6.30. The van der Waals surface area contributed by atoms with Crippen molar-refractivity contribution in [1.82, 2.24) is 29.4 Å². The second-order valence-corrected chi connectivity index (χ2v) is 10.2. The van der Waals surface area contributed by atoms with Crippen LogP contribution >= 0.6 is 11.6 Å². The second-order valence-electron chi connectivity index (χ2n) is 9.78. The third kappa shape index (κ3) is 6.05. The Morgan fingerprint density at radius 1 is 1.08 bits per heavy atom. The van der Waals surface area contributed by atoms with Gasteiger partial charge in [0.2, 0.25) is 11.7 Å². The summed E-state index contributed by atoms with van der Waals surface area (Å²) in [4.78, 5) is 28.4. The first-order chi connectivity index (χ1) is 18.9. The fourth-order valence-corrected chi connectivity index (χ4v) is 4.79. The molecule has 0 aliphatic carbocycles. The molecule has 5 aromatic rings. The van der Waals surface area contributed by atoms with E-state index in [1.54, 1.807) is 29.0 Å². The van der Waals surface area contributed by atoms with Crippen molar-refractivity contribution in [1.29, 1.82) is 0 Å². The van der Waals surface area contributed by atoms with Gasteiger partial charge in [0, 0.05) is 37.0 Å². The predicted octanol–water partition coefficient (Wildman–Crippen LogP) is 4.30. The Hall–Kier alpha value is -3.95. The van der Waals surface area contributed by atoms with Gasteiger partial charge in [-0.25, -0.2) is 0 Å². The number of nitrogens with zero attached hydrogens (tertiary/aromatic N) is 5. The lowest BCUT2D eigenvalue weighted by Crippen LogP contribution is -2.38. The number of aromatic nitrogens is 4. The van der Waals surface area contributed by atoms with Crippen molar-refractivity contribution in [3.8, 4) is 0 Å². The molecule has 0 bridgehead atoms. The van der Waals surface area contributed by atoms with Crippen LogP contribution in [0.1, 0.15) is 37.4 Å². The van der Waals surface area contributed by atoms with Gasteiger partial charge in [-0.3, -0.25) is 23.5 Å². The third-order valence-corrected chi connectivity index (χ3v) is 7.05. The van der Waals surface area contributed by atoms with Crippen LogP contribution < -0.4 is 10.9 Å². The van der Waals surface area contributed by atoms with Crippen molar-refractivity contribution >= 4 is 34.2 Å². The van der Waals surface area contributed by atoms with E-state index in [-0.39, 0.29) is 17.9 Å². The Morgan fingerprint density at radius 2 is 1.87 bits per heavy atom. The number of nitrogens with one attached hydrogen (secondary N) is 1. The highest BCUT2D eigenvalue weighted by Gasteiger charge is 2.18. The number of para-hydroxylation sites is 1. The number of amides is 1. The molecule has 5 rings (SSSR count). The van der Waals surface area contributed by atoms with Crippen molar-refractivity contribution < 1.29 is 9.21 Å². The number of carbonyl (C=O) groups is 1. The second kappa shape index (κ2) is 11.8. The molecular weight excluding hydrogens is 516 g/mol. The minimum atomic E-state index is -0.144. The van der Waals surface area contributed by atoms with Crippen molar-refractivity contribution in [3.05, 3.63) is 99.5 Å². The van der Waals surface area contributed by atoms with E-state index in [1.165, 1.54) is 0 Å². The van der Waals surface area contributed by atoms with Gasteiger partial charge >= 0.3 is 0 Å². The summed E-state index contributed by atoms with van der Waals surface area (Å²) in [5.41, 5.74) is 1.50. The summed E-state index contributed by atoms with van der Waals surface area (Å²) in [6, 6.07) is 18.9. The maximum absolute atomic E-state index is 13.4. The van der Waals surface area contributed by atoms with Crippen molar-refractivity contribution in [2.24, 2.45) is 0 Å². The molecule has 1 amide bonds. The average Bonchev–Trinajstić information content (AvgIpc) is 3.60. The number of hydrogen-bond acceptors (Lipinski definition) is 6. The van der Waals surface area contributed by atoms with Crippen LogP contribution in [0.2, 0.25) is 5.02 Å². The maximum atomic E-state index is 13.4. The summed E-state index contributed by atoms with van der Waals surface area (Å²) >= 11 is 6.04. The van der Waals surface area contributed by atoms with Crippen LogP contribution in [0.15, 0.2) is 76.1 Å². The topological polar surface area (TPSA) is 97.7 Å². The first-order valence-electron chi connectivity index (χ1n) is 13.0. The quantitative estimate of drug-likeness (QED) is 0.265. The first kappa shape index (κ1) is 26.6. The van der Waals surface area contributed by atoms with Crippen LogP contribution in [-0.2, 0) is 24.3 Å².